The predicted molar refractivity (Wildman–Crippen MR) is 108 cm³/mol. The quantitative estimate of drug-likeness (QED) is 0.833. The zero-order valence-electron chi connectivity index (χ0n) is 15.3. The summed E-state index contributed by atoms with van der Waals surface area (Å²) >= 11 is 0. The van der Waals surface area contributed by atoms with Crippen LogP contribution in [0.1, 0.15) is 23.5 Å². The van der Waals surface area contributed by atoms with Gasteiger partial charge < -0.3 is 5.32 Å². The van der Waals surface area contributed by atoms with E-state index < -0.39 is 10.0 Å². The van der Waals surface area contributed by atoms with Crippen molar-refractivity contribution < 1.29 is 8.42 Å². The highest BCUT2D eigenvalue weighted by molar-refractivity contribution is 7.89. The number of nitrogens with zero attached hydrogens (tertiary/aromatic N) is 2. The van der Waals surface area contributed by atoms with Gasteiger partial charge in [-0.1, -0.05) is 54.6 Å². The lowest BCUT2D eigenvalue weighted by Gasteiger charge is -2.37. The van der Waals surface area contributed by atoms with Crippen LogP contribution in [0.15, 0.2) is 65.6 Å². The Morgan fingerprint density at radius 2 is 1.70 bits per heavy atom. The molecule has 1 atom stereocenters. The van der Waals surface area contributed by atoms with Gasteiger partial charge in [-0.2, -0.15) is 0 Å². The van der Waals surface area contributed by atoms with Gasteiger partial charge in [-0.25, -0.2) is 13.4 Å². The molecule has 1 unspecified atom stereocenters. The maximum absolute atomic E-state index is 13.3. The van der Waals surface area contributed by atoms with Gasteiger partial charge in [0, 0.05) is 38.6 Å². The van der Waals surface area contributed by atoms with Gasteiger partial charge in [-0.15, -0.1) is 4.41 Å². The molecule has 0 amide bonds. The summed E-state index contributed by atoms with van der Waals surface area (Å²) in [6, 6.07) is 17.1. The number of rotatable bonds is 6. The summed E-state index contributed by atoms with van der Waals surface area (Å²) in [6.45, 7) is 3.47. The third-order valence-corrected chi connectivity index (χ3v) is 7.10. The van der Waals surface area contributed by atoms with Crippen molar-refractivity contribution in [2.24, 2.45) is 0 Å². The Balaban J connectivity index is 1.57. The van der Waals surface area contributed by atoms with Crippen LogP contribution in [0.5, 0.6) is 0 Å². The summed E-state index contributed by atoms with van der Waals surface area (Å²) in [5, 5.41) is 5.27. The Bertz CT molecular complexity index is 906. The molecule has 2 aromatic rings. The first-order valence-corrected chi connectivity index (χ1v) is 10.9. The van der Waals surface area contributed by atoms with Gasteiger partial charge in [0.1, 0.15) is 0 Å². The molecule has 0 radical (unpaired) electrons. The van der Waals surface area contributed by atoms with Gasteiger partial charge >= 0.3 is 0 Å². The van der Waals surface area contributed by atoms with Crippen LogP contribution in [0, 0.1) is 0 Å². The molecular formula is C21H25N3O2S. The fourth-order valence-corrected chi connectivity index (χ4v) is 5.39. The van der Waals surface area contributed by atoms with Crippen molar-refractivity contribution in [2.45, 2.75) is 17.2 Å². The molecule has 2 aromatic carbocycles. The van der Waals surface area contributed by atoms with Crippen LogP contribution < -0.4 is 5.32 Å². The highest BCUT2D eigenvalue weighted by atomic mass is 32.2. The second-order valence-corrected chi connectivity index (χ2v) is 8.79. The molecule has 1 aliphatic heterocycles. The van der Waals surface area contributed by atoms with E-state index in [-0.39, 0.29) is 5.92 Å². The Labute approximate surface area is 161 Å². The maximum atomic E-state index is 13.3. The lowest BCUT2D eigenvalue weighted by molar-refractivity contribution is 0.0444. The van der Waals surface area contributed by atoms with Crippen LogP contribution in [0.2, 0.25) is 0 Å². The number of hydrogen-bond donors (Lipinski definition) is 1. The molecule has 1 heterocycles. The molecule has 1 aliphatic carbocycles. The largest absolute Gasteiger partial charge is 0.314 e. The van der Waals surface area contributed by atoms with E-state index in [4.69, 9.17) is 0 Å². The minimum absolute atomic E-state index is 0.262. The predicted octanol–water partition coefficient (Wildman–Crippen LogP) is 2.70. The van der Waals surface area contributed by atoms with Crippen molar-refractivity contribution in [3.63, 3.8) is 0 Å². The van der Waals surface area contributed by atoms with E-state index in [2.05, 4.69) is 29.6 Å². The van der Waals surface area contributed by atoms with Crippen molar-refractivity contribution in [2.75, 3.05) is 32.7 Å². The Morgan fingerprint density at radius 1 is 1.00 bits per heavy atom. The Morgan fingerprint density at radius 3 is 2.48 bits per heavy atom. The smallest absolute Gasteiger partial charge is 0.255 e. The molecule has 0 spiro atoms. The summed E-state index contributed by atoms with van der Waals surface area (Å²) in [4.78, 5) is 0.353. The number of benzene rings is 2. The van der Waals surface area contributed by atoms with Crippen LogP contribution in [0.4, 0.5) is 0 Å². The first kappa shape index (κ1) is 18.4. The van der Waals surface area contributed by atoms with E-state index in [0.29, 0.717) is 24.5 Å². The molecule has 2 aliphatic rings. The molecule has 27 heavy (non-hydrogen) atoms. The second-order valence-electron chi connectivity index (χ2n) is 6.95. The Hall–Kier alpha value is -1.99. The molecule has 6 heteroatoms. The number of fused-ring (bicyclic) bond motifs is 1. The molecule has 0 saturated carbocycles. The number of hydrazine groups is 1. The average Bonchev–Trinajstić information content (AvgIpc) is 3.13. The summed E-state index contributed by atoms with van der Waals surface area (Å²) in [7, 11) is -3.56. The Kier molecular flexibility index (Phi) is 5.41. The van der Waals surface area contributed by atoms with E-state index >= 15 is 0 Å². The van der Waals surface area contributed by atoms with Crippen LogP contribution >= 0.6 is 0 Å². The van der Waals surface area contributed by atoms with Crippen molar-refractivity contribution in [1.29, 1.82) is 0 Å². The van der Waals surface area contributed by atoms with Gasteiger partial charge in [0.2, 0.25) is 0 Å². The molecule has 4 rings (SSSR count). The van der Waals surface area contributed by atoms with Crippen molar-refractivity contribution in [3.8, 4) is 0 Å². The number of piperazine rings is 1. The van der Waals surface area contributed by atoms with Crippen LogP contribution in [-0.4, -0.2) is 50.6 Å². The van der Waals surface area contributed by atoms with Crippen LogP contribution in [-0.2, 0) is 10.0 Å². The number of sulfonamides is 1. The topological polar surface area (TPSA) is 52.7 Å². The first-order chi connectivity index (χ1) is 13.2. The first-order valence-electron chi connectivity index (χ1n) is 9.47. The molecule has 1 N–H and O–H groups in total. The summed E-state index contributed by atoms with van der Waals surface area (Å²) in [5.74, 6) is 0.262. The normalized spacial score (nSPS) is 20.1. The molecule has 5 nitrogen and oxygen atoms in total. The standard InChI is InChI=1S/C21H25N3O2S/c25-27(26,20-7-2-1-3-8-20)24(23-16-13-22-14-17-23)15-12-19-11-10-18-6-4-5-9-21(18)19/h1-11,19,22H,12-17H2. The molecule has 142 valence electrons. The van der Waals surface area contributed by atoms with E-state index in [9.17, 15) is 8.42 Å². The molecule has 1 fully saturated rings. The van der Waals surface area contributed by atoms with Gasteiger partial charge in [0.15, 0.2) is 0 Å². The minimum Gasteiger partial charge on any atom is -0.314 e. The lowest BCUT2D eigenvalue weighted by Crippen LogP contribution is -2.54. The molecular weight excluding hydrogens is 358 g/mol. The lowest BCUT2D eigenvalue weighted by atomic mass is 9.98. The molecule has 0 bridgehead atoms. The third kappa shape index (κ3) is 3.84. The van der Waals surface area contributed by atoms with E-state index in [1.807, 2.05) is 23.2 Å². The fraction of sp³-hybridized carbons (Fsp3) is 0.333. The highest BCUT2D eigenvalue weighted by Gasteiger charge is 2.31. The van der Waals surface area contributed by atoms with Gasteiger partial charge in [-0.3, -0.25) is 0 Å². The maximum Gasteiger partial charge on any atom is 0.255 e. The monoisotopic (exact) mass is 383 g/mol. The summed E-state index contributed by atoms with van der Waals surface area (Å²) in [6.07, 6.45) is 5.10. The summed E-state index contributed by atoms with van der Waals surface area (Å²) in [5.41, 5.74) is 2.53. The minimum atomic E-state index is -3.56. The molecule has 1 saturated heterocycles. The van der Waals surface area contributed by atoms with Crippen molar-refractivity contribution >= 4 is 16.1 Å². The highest BCUT2D eigenvalue weighted by Crippen LogP contribution is 2.33. The number of allylic oxidation sites excluding steroid dienone is 1. The second kappa shape index (κ2) is 7.94. The SMILES string of the molecule is O=S(=O)(c1ccccc1)N(CCC1C=Cc2ccccc21)N1CCNCC1. The van der Waals surface area contributed by atoms with Crippen molar-refractivity contribution in [3.05, 3.63) is 71.8 Å². The molecule has 0 aromatic heterocycles. The number of nitrogens with one attached hydrogen (secondary N) is 1. The average molecular weight is 384 g/mol. The fourth-order valence-electron chi connectivity index (χ4n) is 3.83. The summed E-state index contributed by atoms with van der Waals surface area (Å²) < 4.78 is 28.3. The van der Waals surface area contributed by atoms with E-state index in [1.165, 1.54) is 11.1 Å². The zero-order chi connectivity index (χ0) is 18.7. The van der Waals surface area contributed by atoms with Gasteiger partial charge in [0.25, 0.3) is 10.0 Å². The van der Waals surface area contributed by atoms with Crippen LogP contribution in [0.25, 0.3) is 6.08 Å². The third-order valence-electron chi connectivity index (χ3n) is 5.26. The van der Waals surface area contributed by atoms with Gasteiger partial charge in [-0.05, 0) is 29.7 Å². The van der Waals surface area contributed by atoms with Crippen molar-refractivity contribution in [1.82, 2.24) is 14.7 Å². The number of hydrogen-bond acceptors (Lipinski definition) is 4. The van der Waals surface area contributed by atoms with Crippen LogP contribution in [0.3, 0.4) is 0 Å². The van der Waals surface area contributed by atoms with E-state index in [0.717, 1.165) is 19.5 Å². The van der Waals surface area contributed by atoms with Gasteiger partial charge in [0.05, 0.1) is 4.90 Å². The van der Waals surface area contributed by atoms with E-state index in [1.54, 1.807) is 28.7 Å². The zero-order valence-corrected chi connectivity index (χ0v) is 16.1.